The molecule has 1 aliphatic heterocycles. The summed E-state index contributed by atoms with van der Waals surface area (Å²) in [5.41, 5.74) is 2.18. The smallest absolute Gasteiger partial charge is 0.416 e. The van der Waals surface area contributed by atoms with Crippen molar-refractivity contribution in [1.29, 1.82) is 5.26 Å². The largest absolute Gasteiger partial charge is 0.489 e. The number of fused-ring (bicyclic) bond motifs is 1. The van der Waals surface area contributed by atoms with E-state index in [9.17, 15) is 28.0 Å². The Morgan fingerprint density at radius 1 is 1.00 bits per heavy atom. The van der Waals surface area contributed by atoms with Gasteiger partial charge in [-0.3, -0.25) is 14.5 Å². The molecule has 0 saturated heterocycles. The second-order valence-electron chi connectivity index (χ2n) is 8.93. The van der Waals surface area contributed by atoms with Gasteiger partial charge in [-0.1, -0.05) is 36.4 Å². The number of rotatable bonds is 8. The number of carbonyl (C=O) groups is 2. The predicted octanol–water partition coefficient (Wildman–Crippen LogP) is 6.64. The molecule has 0 spiro atoms. The average Bonchev–Trinajstić information content (AvgIpc) is 3.52. The molecular weight excluding hydrogens is 539 g/mol. The van der Waals surface area contributed by atoms with Gasteiger partial charge in [-0.25, -0.2) is 4.98 Å². The van der Waals surface area contributed by atoms with Gasteiger partial charge in [-0.2, -0.15) is 18.4 Å². The van der Waals surface area contributed by atoms with Gasteiger partial charge < -0.3 is 4.74 Å². The van der Waals surface area contributed by atoms with Crippen LogP contribution in [0.3, 0.4) is 0 Å². The van der Waals surface area contributed by atoms with Crippen LogP contribution in [-0.4, -0.2) is 28.2 Å². The molecule has 6 nitrogen and oxygen atoms in total. The minimum Gasteiger partial charge on any atom is -0.489 e. The maximum absolute atomic E-state index is 12.9. The predicted molar refractivity (Wildman–Crippen MR) is 143 cm³/mol. The SMILES string of the molecule is N#CC(=Cc1ccc(OCc2cccc(C(F)(F)F)c2)cc1)c1nc(CCN2C(=O)c3ccccc3C2=O)cs1. The summed E-state index contributed by atoms with van der Waals surface area (Å²) >= 11 is 1.29. The number of hydrogen-bond acceptors (Lipinski definition) is 6. The maximum atomic E-state index is 12.9. The van der Waals surface area contributed by atoms with Crippen LogP contribution < -0.4 is 4.74 Å². The third kappa shape index (κ3) is 5.80. The van der Waals surface area contributed by atoms with Gasteiger partial charge in [0.2, 0.25) is 0 Å². The van der Waals surface area contributed by atoms with Crippen molar-refractivity contribution in [2.24, 2.45) is 0 Å². The fraction of sp³-hybridized carbons (Fsp3) is 0.133. The van der Waals surface area contributed by atoms with Gasteiger partial charge in [0.1, 0.15) is 23.4 Å². The van der Waals surface area contributed by atoms with Gasteiger partial charge >= 0.3 is 6.18 Å². The molecule has 0 radical (unpaired) electrons. The molecule has 0 bridgehead atoms. The van der Waals surface area contributed by atoms with E-state index in [0.717, 1.165) is 12.1 Å². The van der Waals surface area contributed by atoms with Crippen LogP contribution in [0.1, 0.15) is 48.1 Å². The van der Waals surface area contributed by atoms with Gasteiger partial charge in [0.05, 0.1) is 28.0 Å². The summed E-state index contributed by atoms with van der Waals surface area (Å²) in [6.07, 6.45) is -2.39. The number of nitrogens with zero attached hydrogens (tertiary/aromatic N) is 3. The van der Waals surface area contributed by atoms with E-state index in [0.29, 0.717) is 50.7 Å². The molecule has 4 aromatic rings. The van der Waals surface area contributed by atoms with Crippen molar-refractivity contribution in [1.82, 2.24) is 9.88 Å². The number of carbonyl (C=O) groups excluding carboxylic acids is 2. The van der Waals surface area contributed by atoms with E-state index in [4.69, 9.17) is 4.74 Å². The molecule has 40 heavy (non-hydrogen) atoms. The first-order chi connectivity index (χ1) is 19.2. The number of alkyl halides is 3. The minimum absolute atomic E-state index is 0.0227. The Labute approximate surface area is 231 Å². The van der Waals surface area contributed by atoms with Gasteiger partial charge in [0.25, 0.3) is 11.8 Å². The zero-order chi connectivity index (χ0) is 28.3. The van der Waals surface area contributed by atoms with E-state index in [-0.39, 0.29) is 25.0 Å². The van der Waals surface area contributed by atoms with E-state index >= 15 is 0 Å². The minimum atomic E-state index is -4.42. The van der Waals surface area contributed by atoms with E-state index in [2.05, 4.69) is 11.1 Å². The molecule has 0 fully saturated rings. The highest BCUT2D eigenvalue weighted by molar-refractivity contribution is 7.11. The number of amides is 2. The molecule has 2 amide bonds. The van der Waals surface area contributed by atoms with E-state index < -0.39 is 11.7 Å². The highest BCUT2D eigenvalue weighted by Crippen LogP contribution is 2.30. The molecule has 1 aromatic heterocycles. The van der Waals surface area contributed by atoms with Crippen molar-refractivity contribution in [3.05, 3.63) is 117 Å². The third-order valence-corrected chi connectivity index (χ3v) is 7.15. The summed E-state index contributed by atoms with van der Waals surface area (Å²) in [5.74, 6) is -0.176. The lowest BCUT2D eigenvalue weighted by Crippen LogP contribution is -2.31. The highest BCUT2D eigenvalue weighted by atomic mass is 32.1. The van der Waals surface area contributed by atoms with E-state index in [1.807, 2.05) is 0 Å². The van der Waals surface area contributed by atoms with Crippen LogP contribution in [0, 0.1) is 11.3 Å². The van der Waals surface area contributed by atoms with Crippen LogP contribution in [0.4, 0.5) is 13.2 Å². The molecule has 0 N–H and O–H groups in total. The molecule has 3 aromatic carbocycles. The van der Waals surface area contributed by atoms with Gasteiger partial charge in [0.15, 0.2) is 0 Å². The van der Waals surface area contributed by atoms with Gasteiger partial charge in [0, 0.05) is 18.3 Å². The first-order valence-corrected chi connectivity index (χ1v) is 13.0. The van der Waals surface area contributed by atoms with E-state index in [1.165, 1.54) is 22.3 Å². The number of allylic oxidation sites excluding steroid dienone is 1. The molecule has 10 heteroatoms. The molecule has 0 aliphatic carbocycles. The Kier molecular flexibility index (Phi) is 7.49. The van der Waals surface area contributed by atoms with Crippen LogP contribution in [-0.2, 0) is 19.2 Å². The number of benzene rings is 3. The summed E-state index contributed by atoms with van der Waals surface area (Å²) in [7, 11) is 0. The first kappa shape index (κ1) is 26.8. The summed E-state index contributed by atoms with van der Waals surface area (Å²) in [4.78, 5) is 30.9. The summed E-state index contributed by atoms with van der Waals surface area (Å²) in [6, 6.07) is 20.6. The number of hydrogen-bond donors (Lipinski definition) is 0. The van der Waals surface area contributed by atoms with Crippen molar-refractivity contribution < 1.29 is 27.5 Å². The lowest BCUT2D eigenvalue weighted by molar-refractivity contribution is -0.137. The quantitative estimate of drug-likeness (QED) is 0.178. The van der Waals surface area contributed by atoms with Crippen molar-refractivity contribution >= 4 is 34.8 Å². The molecule has 200 valence electrons. The second kappa shape index (κ2) is 11.2. The van der Waals surface area contributed by atoms with Crippen LogP contribution in [0.15, 0.2) is 78.2 Å². The van der Waals surface area contributed by atoms with Crippen molar-refractivity contribution in [3.8, 4) is 11.8 Å². The zero-order valence-corrected chi connectivity index (χ0v) is 21.6. The number of thiazole rings is 1. The number of nitriles is 1. The van der Waals surface area contributed by atoms with E-state index in [1.54, 1.807) is 66.1 Å². The number of imide groups is 1. The van der Waals surface area contributed by atoms with Crippen LogP contribution in [0.25, 0.3) is 11.6 Å². The number of ether oxygens (including phenoxy) is 1. The molecule has 1 aliphatic rings. The molecule has 0 unspecified atom stereocenters. The summed E-state index contributed by atoms with van der Waals surface area (Å²) < 4.78 is 44.4. The lowest BCUT2D eigenvalue weighted by Gasteiger charge is -2.12. The fourth-order valence-electron chi connectivity index (χ4n) is 4.19. The number of aromatic nitrogens is 1. The zero-order valence-electron chi connectivity index (χ0n) is 20.8. The Morgan fingerprint density at radius 3 is 2.35 bits per heavy atom. The summed E-state index contributed by atoms with van der Waals surface area (Å²) in [5, 5.41) is 12.0. The number of halogens is 3. The van der Waals surface area contributed by atoms with Gasteiger partial charge in [-0.05, 0) is 53.6 Å². The molecule has 2 heterocycles. The van der Waals surface area contributed by atoms with Crippen LogP contribution in [0.5, 0.6) is 5.75 Å². The van der Waals surface area contributed by atoms with Crippen molar-refractivity contribution in [2.75, 3.05) is 6.54 Å². The normalized spacial score (nSPS) is 13.3. The summed E-state index contributed by atoms with van der Waals surface area (Å²) in [6.45, 7) is 0.161. The Balaban J connectivity index is 1.20. The molecule has 0 saturated carbocycles. The Hall–Kier alpha value is -4.75. The topological polar surface area (TPSA) is 83.3 Å². The third-order valence-electron chi connectivity index (χ3n) is 6.22. The Morgan fingerprint density at radius 2 is 1.70 bits per heavy atom. The van der Waals surface area contributed by atoms with Gasteiger partial charge in [-0.15, -0.1) is 11.3 Å². The molecule has 5 rings (SSSR count). The van der Waals surface area contributed by atoms with Crippen LogP contribution >= 0.6 is 11.3 Å². The standard InChI is InChI=1S/C30H20F3N3O3S/c31-30(32,33)22-5-3-4-20(15-22)17-39-24-10-8-19(9-11-24)14-21(16-34)27-35-23(18-40-27)12-13-36-28(37)25-6-1-2-7-26(25)29(36)38/h1-11,14-15,18H,12-13,17H2. The van der Waals surface area contributed by atoms with Crippen molar-refractivity contribution in [3.63, 3.8) is 0 Å². The monoisotopic (exact) mass is 559 g/mol. The van der Waals surface area contributed by atoms with Crippen LogP contribution in [0.2, 0.25) is 0 Å². The second-order valence-corrected chi connectivity index (χ2v) is 9.79. The Bertz CT molecular complexity index is 1620. The fourth-order valence-corrected chi connectivity index (χ4v) is 5.01. The molecular formula is C30H20F3N3O3S. The first-order valence-electron chi connectivity index (χ1n) is 12.1. The average molecular weight is 560 g/mol. The molecule has 0 atom stereocenters. The van der Waals surface area contributed by atoms with Crippen molar-refractivity contribution in [2.45, 2.75) is 19.2 Å². The lowest BCUT2D eigenvalue weighted by atomic mass is 10.1. The maximum Gasteiger partial charge on any atom is 0.416 e. The highest BCUT2D eigenvalue weighted by Gasteiger charge is 2.34.